The van der Waals surface area contributed by atoms with Gasteiger partial charge in [0.25, 0.3) is 5.91 Å². The van der Waals surface area contributed by atoms with Crippen molar-refractivity contribution in [2.24, 2.45) is 0 Å². The van der Waals surface area contributed by atoms with Crippen molar-refractivity contribution in [1.82, 2.24) is 4.90 Å². The number of carboxylic acid groups (broad SMARTS) is 1. The fourth-order valence-electron chi connectivity index (χ4n) is 2.61. The molecule has 0 aromatic heterocycles. The molecule has 0 heterocycles. The van der Waals surface area contributed by atoms with Gasteiger partial charge in [0, 0.05) is 13.1 Å². The van der Waals surface area contributed by atoms with E-state index in [0.717, 1.165) is 12.8 Å². The molecule has 0 aliphatic heterocycles. The first-order valence-electron chi connectivity index (χ1n) is 7.30. The number of carbonyl (C=O) groups is 2. The van der Waals surface area contributed by atoms with Gasteiger partial charge in [0.05, 0.1) is 5.56 Å². The first-order valence-corrected chi connectivity index (χ1v) is 7.30. The predicted octanol–water partition coefficient (Wildman–Crippen LogP) is 2.55. The van der Waals surface area contributed by atoms with Gasteiger partial charge in [0.15, 0.2) is 6.61 Å². The highest BCUT2D eigenvalue weighted by Gasteiger charge is 2.22. The first kappa shape index (κ1) is 15.4. The number of nitrogens with zero attached hydrogens (tertiary/aromatic N) is 1. The first-order chi connectivity index (χ1) is 10.1. The molecular formula is C16H21NO4. The molecule has 0 unspecified atom stereocenters. The van der Waals surface area contributed by atoms with Crippen molar-refractivity contribution in [3.05, 3.63) is 29.8 Å². The summed E-state index contributed by atoms with van der Waals surface area (Å²) in [6.07, 6.45) is 5.75. The van der Waals surface area contributed by atoms with Gasteiger partial charge >= 0.3 is 5.97 Å². The Balaban J connectivity index is 1.83. The van der Waals surface area contributed by atoms with Crippen LogP contribution in [0, 0.1) is 0 Å². The van der Waals surface area contributed by atoms with Gasteiger partial charge in [-0.15, -0.1) is 0 Å². The number of amides is 1. The zero-order valence-electron chi connectivity index (χ0n) is 12.2. The van der Waals surface area contributed by atoms with Gasteiger partial charge in [-0.05, 0) is 37.1 Å². The van der Waals surface area contributed by atoms with Crippen LogP contribution >= 0.6 is 0 Å². The van der Waals surface area contributed by atoms with Crippen molar-refractivity contribution in [3.8, 4) is 5.75 Å². The van der Waals surface area contributed by atoms with Crippen LogP contribution in [0.4, 0.5) is 0 Å². The topological polar surface area (TPSA) is 66.8 Å². The second-order valence-electron chi connectivity index (χ2n) is 5.41. The molecule has 1 amide bonds. The molecule has 0 spiro atoms. The van der Waals surface area contributed by atoms with Gasteiger partial charge in [-0.3, -0.25) is 4.79 Å². The number of ether oxygens (including phenoxy) is 1. The van der Waals surface area contributed by atoms with Gasteiger partial charge in [0.1, 0.15) is 5.75 Å². The van der Waals surface area contributed by atoms with Crippen LogP contribution in [0.1, 0.15) is 42.5 Å². The molecule has 1 aromatic carbocycles. The van der Waals surface area contributed by atoms with Gasteiger partial charge in [-0.1, -0.05) is 19.3 Å². The molecule has 1 saturated carbocycles. The zero-order valence-corrected chi connectivity index (χ0v) is 12.2. The summed E-state index contributed by atoms with van der Waals surface area (Å²) >= 11 is 0. The van der Waals surface area contributed by atoms with E-state index >= 15 is 0 Å². The van der Waals surface area contributed by atoms with Crippen LogP contribution in [-0.4, -0.2) is 41.6 Å². The summed E-state index contributed by atoms with van der Waals surface area (Å²) < 4.78 is 5.43. The highest BCUT2D eigenvalue weighted by Crippen LogP contribution is 2.21. The molecule has 2 rings (SSSR count). The molecule has 0 bridgehead atoms. The quantitative estimate of drug-likeness (QED) is 0.905. The smallest absolute Gasteiger partial charge is 0.335 e. The second kappa shape index (κ2) is 7.11. The normalized spacial score (nSPS) is 15.5. The Labute approximate surface area is 124 Å². The number of aromatic carboxylic acids is 1. The molecule has 0 radical (unpaired) electrons. The third-order valence-corrected chi connectivity index (χ3v) is 3.98. The van der Waals surface area contributed by atoms with Crippen LogP contribution in [0.3, 0.4) is 0 Å². The van der Waals surface area contributed by atoms with Crippen LogP contribution in [0.15, 0.2) is 24.3 Å². The third-order valence-electron chi connectivity index (χ3n) is 3.98. The van der Waals surface area contributed by atoms with E-state index in [1.165, 1.54) is 31.4 Å². The Morgan fingerprint density at radius 3 is 2.38 bits per heavy atom. The van der Waals surface area contributed by atoms with Crippen molar-refractivity contribution in [2.45, 2.75) is 38.1 Å². The van der Waals surface area contributed by atoms with Crippen LogP contribution in [0.2, 0.25) is 0 Å². The lowest BCUT2D eigenvalue weighted by Gasteiger charge is -2.31. The SMILES string of the molecule is CN(C(=O)COc1ccc(C(=O)O)cc1)C1CCCCC1. The maximum absolute atomic E-state index is 12.1. The number of hydrogen-bond acceptors (Lipinski definition) is 3. The van der Waals surface area contributed by atoms with Crippen LogP contribution in [0.5, 0.6) is 5.75 Å². The number of rotatable bonds is 5. The summed E-state index contributed by atoms with van der Waals surface area (Å²) in [6.45, 7) is -0.0145. The molecular weight excluding hydrogens is 270 g/mol. The number of carbonyl (C=O) groups excluding carboxylic acids is 1. The maximum atomic E-state index is 12.1. The summed E-state index contributed by atoms with van der Waals surface area (Å²) in [4.78, 5) is 24.6. The summed E-state index contributed by atoms with van der Waals surface area (Å²) in [5, 5.41) is 8.81. The lowest BCUT2D eigenvalue weighted by molar-refractivity contribution is -0.134. The Morgan fingerprint density at radius 2 is 1.81 bits per heavy atom. The molecule has 1 N–H and O–H groups in total. The minimum absolute atomic E-state index is 0.0145. The molecule has 114 valence electrons. The van der Waals surface area contributed by atoms with Crippen LogP contribution in [0.25, 0.3) is 0 Å². The Bertz CT molecular complexity index is 492. The van der Waals surface area contributed by atoms with E-state index in [9.17, 15) is 9.59 Å². The zero-order chi connectivity index (χ0) is 15.2. The Hall–Kier alpha value is -2.04. The van der Waals surface area contributed by atoms with E-state index in [4.69, 9.17) is 9.84 Å². The number of hydrogen-bond donors (Lipinski definition) is 1. The van der Waals surface area contributed by atoms with E-state index < -0.39 is 5.97 Å². The molecule has 1 aliphatic rings. The molecule has 5 heteroatoms. The van der Waals surface area contributed by atoms with E-state index in [0.29, 0.717) is 11.8 Å². The largest absolute Gasteiger partial charge is 0.484 e. The van der Waals surface area contributed by atoms with E-state index in [-0.39, 0.29) is 18.1 Å². The molecule has 1 fully saturated rings. The monoisotopic (exact) mass is 291 g/mol. The highest BCUT2D eigenvalue weighted by molar-refractivity contribution is 5.87. The van der Waals surface area contributed by atoms with Crippen molar-refractivity contribution in [3.63, 3.8) is 0 Å². The summed E-state index contributed by atoms with van der Waals surface area (Å²) in [5.41, 5.74) is 0.202. The van der Waals surface area contributed by atoms with E-state index in [1.807, 2.05) is 7.05 Å². The van der Waals surface area contributed by atoms with E-state index in [1.54, 1.807) is 17.0 Å². The van der Waals surface area contributed by atoms with Gasteiger partial charge in [0.2, 0.25) is 0 Å². The highest BCUT2D eigenvalue weighted by atomic mass is 16.5. The van der Waals surface area contributed by atoms with Crippen LogP contribution in [-0.2, 0) is 4.79 Å². The summed E-state index contributed by atoms with van der Waals surface area (Å²) in [7, 11) is 1.83. The van der Waals surface area contributed by atoms with Crippen molar-refractivity contribution < 1.29 is 19.4 Å². The Kier molecular flexibility index (Phi) is 5.20. The lowest BCUT2D eigenvalue weighted by Crippen LogP contribution is -2.40. The third kappa shape index (κ3) is 4.21. The molecule has 21 heavy (non-hydrogen) atoms. The number of carboxylic acids is 1. The molecule has 1 aromatic rings. The molecule has 0 atom stereocenters. The lowest BCUT2D eigenvalue weighted by atomic mass is 9.94. The molecule has 1 aliphatic carbocycles. The standard InChI is InChI=1S/C16H21NO4/c1-17(13-5-3-2-4-6-13)15(18)11-21-14-9-7-12(8-10-14)16(19)20/h7-10,13H,2-6,11H2,1H3,(H,19,20). The second-order valence-corrected chi connectivity index (χ2v) is 5.41. The van der Waals surface area contributed by atoms with Crippen molar-refractivity contribution >= 4 is 11.9 Å². The van der Waals surface area contributed by atoms with Crippen LogP contribution < -0.4 is 4.74 Å². The fraction of sp³-hybridized carbons (Fsp3) is 0.500. The molecule has 0 saturated heterocycles. The maximum Gasteiger partial charge on any atom is 0.335 e. The van der Waals surface area contributed by atoms with E-state index in [2.05, 4.69) is 0 Å². The fourth-order valence-corrected chi connectivity index (χ4v) is 2.61. The Morgan fingerprint density at radius 1 is 1.19 bits per heavy atom. The number of likely N-dealkylation sites (N-methyl/N-ethyl adjacent to an activating group) is 1. The van der Waals surface area contributed by atoms with Gasteiger partial charge in [-0.25, -0.2) is 4.79 Å². The summed E-state index contributed by atoms with van der Waals surface area (Å²) in [5.74, 6) is -0.510. The average Bonchev–Trinajstić information content (AvgIpc) is 2.53. The van der Waals surface area contributed by atoms with Crippen molar-refractivity contribution in [2.75, 3.05) is 13.7 Å². The minimum atomic E-state index is -0.977. The minimum Gasteiger partial charge on any atom is -0.484 e. The molecule has 5 nitrogen and oxygen atoms in total. The van der Waals surface area contributed by atoms with Crippen molar-refractivity contribution in [1.29, 1.82) is 0 Å². The predicted molar refractivity (Wildman–Crippen MR) is 78.5 cm³/mol. The van der Waals surface area contributed by atoms with Gasteiger partial charge in [-0.2, -0.15) is 0 Å². The number of benzene rings is 1. The summed E-state index contributed by atoms with van der Waals surface area (Å²) in [6, 6.07) is 6.39. The van der Waals surface area contributed by atoms with Gasteiger partial charge < -0.3 is 14.7 Å². The average molecular weight is 291 g/mol.